The molecule has 4 nitrogen and oxygen atoms in total. The first kappa shape index (κ1) is 13.5. The number of halogens is 3. The van der Waals surface area contributed by atoms with Crippen LogP contribution in [-0.2, 0) is 0 Å². The maximum atomic E-state index is 12.3. The standard InChI is InChI=1S/C12H9ClF2N2O2/c1-18-8-3-2-7(6-9(8)19-12(14)15)11-16-5-4-10(13)17-11/h2-6,12H,1H3. The summed E-state index contributed by atoms with van der Waals surface area (Å²) in [7, 11) is 1.36. The molecule has 2 rings (SSSR count). The topological polar surface area (TPSA) is 44.2 Å². The molecule has 2 aromatic rings. The summed E-state index contributed by atoms with van der Waals surface area (Å²) < 4.78 is 33.9. The van der Waals surface area contributed by atoms with Crippen LogP contribution in [0, 0.1) is 0 Å². The first-order valence-corrected chi connectivity index (χ1v) is 5.59. The molecule has 1 heterocycles. The van der Waals surface area contributed by atoms with E-state index in [0.29, 0.717) is 11.4 Å². The average Bonchev–Trinajstić information content (AvgIpc) is 2.38. The zero-order valence-corrected chi connectivity index (χ0v) is 10.6. The molecule has 1 aromatic carbocycles. The minimum Gasteiger partial charge on any atom is -0.493 e. The van der Waals surface area contributed by atoms with Crippen molar-refractivity contribution >= 4 is 11.6 Å². The third-order valence-electron chi connectivity index (χ3n) is 2.26. The SMILES string of the molecule is COc1ccc(-c2nccc(Cl)n2)cc1OC(F)F. The van der Waals surface area contributed by atoms with E-state index >= 15 is 0 Å². The van der Waals surface area contributed by atoms with Crippen molar-refractivity contribution < 1.29 is 18.3 Å². The minimum atomic E-state index is -2.94. The van der Waals surface area contributed by atoms with Crippen molar-refractivity contribution in [2.75, 3.05) is 7.11 Å². The molecule has 0 unspecified atom stereocenters. The van der Waals surface area contributed by atoms with Crippen LogP contribution in [0.1, 0.15) is 0 Å². The number of methoxy groups -OCH3 is 1. The number of aromatic nitrogens is 2. The third kappa shape index (κ3) is 3.29. The van der Waals surface area contributed by atoms with Gasteiger partial charge in [-0.05, 0) is 24.3 Å². The number of nitrogens with zero attached hydrogens (tertiary/aromatic N) is 2. The van der Waals surface area contributed by atoms with Crippen LogP contribution in [-0.4, -0.2) is 23.7 Å². The minimum absolute atomic E-state index is 0.0847. The highest BCUT2D eigenvalue weighted by Crippen LogP contribution is 2.32. The molecule has 0 atom stereocenters. The van der Waals surface area contributed by atoms with E-state index in [0.717, 1.165) is 0 Å². The molecule has 0 bridgehead atoms. The fraction of sp³-hybridized carbons (Fsp3) is 0.167. The Hall–Kier alpha value is -1.95. The molecule has 0 aliphatic carbocycles. The molecule has 7 heteroatoms. The van der Waals surface area contributed by atoms with Crippen LogP contribution in [0.5, 0.6) is 11.5 Å². The first-order chi connectivity index (χ1) is 9.10. The molecule has 0 N–H and O–H groups in total. The van der Waals surface area contributed by atoms with E-state index in [1.165, 1.54) is 31.5 Å². The second kappa shape index (κ2) is 5.79. The summed E-state index contributed by atoms with van der Waals surface area (Å²) in [6.07, 6.45) is 1.47. The van der Waals surface area contributed by atoms with Crippen molar-refractivity contribution in [2.24, 2.45) is 0 Å². The van der Waals surface area contributed by atoms with E-state index in [2.05, 4.69) is 14.7 Å². The van der Waals surface area contributed by atoms with Crippen molar-refractivity contribution in [3.63, 3.8) is 0 Å². The van der Waals surface area contributed by atoms with Gasteiger partial charge in [0.15, 0.2) is 17.3 Å². The lowest BCUT2D eigenvalue weighted by Gasteiger charge is -2.11. The molecular weight excluding hydrogens is 278 g/mol. The molecule has 0 saturated carbocycles. The van der Waals surface area contributed by atoms with Gasteiger partial charge in [-0.1, -0.05) is 11.6 Å². The maximum Gasteiger partial charge on any atom is 0.387 e. The smallest absolute Gasteiger partial charge is 0.387 e. The van der Waals surface area contributed by atoms with Crippen molar-refractivity contribution in [3.05, 3.63) is 35.6 Å². The molecule has 0 fully saturated rings. The zero-order chi connectivity index (χ0) is 13.8. The Morgan fingerprint density at radius 3 is 2.63 bits per heavy atom. The fourth-order valence-electron chi connectivity index (χ4n) is 1.48. The predicted molar refractivity (Wildman–Crippen MR) is 65.7 cm³/mol. The highest BCUT2D eigenvalue weighted by Gasteiger charge is 2.13. The van der Waals surface area contributed by atoms with Gasteiger partial charge in [0.05, 0.1) is 7.11 Å². The summed E-state index contributed by atoms with van der Waals surface area (Å²) in [4.78, 5) is 8.00. The summed E-state index contributed by atoms with van der Waals surface area (Å²) >= 11 is 5.75. The molecule has 1 aromatic heterocycles. The summed E-state index contributed by atoms with van der Waals surface area (Å²) in [6.45, 7) is -2.94. The average molecular weight is 287 g/mol. The number of hydrogen-bond donors (Lipinski definition) is 0. The maximum absolute atomic E-state index is 12.3. The number of alkyl halides is 2. The number of ether oxygens (including phenoxy) is 2. The first-order valence-electron chi connectivity index (χ1n) is 5.22. The fourth-order valence-corrected chi connectivity index (χ4v) is 1.62. The van der Waals surface area contributed by atoms with Crippen LogP contribution in [0.25, 0.3) is 11.4 Å². The van der Waals surface area contributed by atoms with Gasteiger partial charge in [-0.2, -0.15) is 8.78 Å². The van der Waals surface area contributed by atoms with Gasteiger partial charge < -0.3 is 9.47 Å². The Morgan fingerprint density at radius 2 is 2.00 bits per heavy atom. The molecule has 0 radical (unpaired) electrons. The molecule has 100 valence electrons. The number of benzene rings is 1. The Bertz CT molecular complexity index is 581. The van der Waals surface area contributed by atoms with Crippen LogP contribution < -0.4 is 9.47 Å². The Balaban J connectivity index is 2.42. The second-order valence-corrected chi connectivity index (χ2v) is 3.83. The van der Waals surface area contributed by atoms with Crippen LogP contribution >= 0.6 is 11.6 Å². The Labute approximate surface area is 113 Å². The van der Waals surface area contributed by atoms with Gasteiger partial charge in [-0.3, -0.25) is 0 Å². The predicted octanol–water partition coefficient (Wildman–Crippen LogP) is 3.41. The lowest BCUT2D eigenvalue weighted by Crippen LogP contribution is -2.03. The monoisotopic (exact) mass is 286 g/mol. The molecule has 0 aliphatic heterocycles. The van der Waals surface area contributed by atoms with Crippen molar-refractivity contribution in [1.29, 1.82) is 0 Å². The van der Waals surface area contributed by atoms with Crippen LogP contribution in [0.3, 0.4) is 0 Å². The van der Waals surface area contributed by atoms with Gasteiger partial charge in [0.25, 0.3) is 0 Å². The Morgan fingerprint density at radius 1 is 1.21 bits per heavy atom. The van der Waals surface area contributed by atoms with Gasteiger partial charge in [0.1, 0.15) is 5.15 Å². The molecule has 19 heavy (non-hydrogen) atoms. The van der Waals surface area contributed by atoms with E-state index in [9.17, 15) is 8.78 Å². The van der Waals surface area contributed by atoms with E-state index in [4.69, 9.17) is 16.3 Å². The normalized spacial score (nSPS) is 10.6. The molecule has 0 aliphatic rings. The van der Waals surface area contributed by atoms with E-state index in [-0.39, 0.29) is 16.7 Å². The second-order valence-electron chi connectivity index (χ2n) is 3.45. The Kier molecular flexibility index (Phi) is 4.11. The van der Waals surface area contributed by atoms with Crippen LogP contribution in [0.15, 0.2) is 30.5 Å². The van der Waals surface area contributed by atoms with Gasteiger partial charge in [0, 0.05) is 11.8 Å². The summed E-state index contributed by atoms with van der Waals surface area (Å²) in [5.41, 5.74) is 0.499. The van der Waals surface area contributed by atoms with E-state index in [1.807, 2.05) is 0 Å². The highest BCUT2D eigenvalue weighted by atomic mass is 35.5. The quantitative estimate of drug-likeness (QED) is 0.808. The van der Waals surface area contributed by atoms with Gasteiger partial charge in [-0.15, -0.1) is 0 Å². The van der Waals surface area contributed by atoms with Gasteiger partial charge >= 0.3 is 6.61 Å². The summed E-state index contributed by atoms with van der Waals surface area (Å²) in [6, 6.07) is 6.02. The summed E-state index contributed by atoms with van der Waals surface area (Å²) in [5, 5.41) is 0.261. The van der Waals surface area contributed by atoms with Gasteiger partial charge in [-0.25, -0.2) is 9.97 Å². The number of rotatable bonds is 4. The lowest BCUT2D eigenvalue weighted by atomic mass is 10.2. The largest absolute Gasteiger partial charge is 0.493 e. The van der Waals surface area contributed by atoms with E-state index < -0.39 is 6.61 Å². The number of hydrogen-bond acceptors (Lipinski definition) is 4. The van der Waals surface area contributed by atoms with Crippen LogP contribution in [0.4, 0.5) is 8.78 Å². The van der Waals surface area contributed by atoms with E-state index in [1.54, 1.807) is 6.07 Å². The highest BCUT2D eigenvalue weighted by molar-refractivity contribution is 6.29. The molecule has 0 spiro atoms. The van der Waals surface area contributed by atoms with Gasteiger partial charge in [0.2, 0.25) is 0 Å². The molecule has 0 amide bonds. The molecular formula is C12H9ClF2N2O2. The zero-order valence-electron chi connectivity index (χ0n) is 9.81. The van der Waals surface area contributed by atoms with Crippen LogP contribution in [0.2, 0.25) is 5.15 Å². The molecule has 0 saturated heterocycles. The lowest BCUT2D eigenvalue weighted by molar-refractivity contribution is -0.0511. The third-order valence-corrected chi connectivity index (χ3v) is 2.47. The van der Waals surface area contributed by atoms with Crippen molar-refractivity contribution in [2.45, 2.75) is 6.61 Å². The van der Waals surface area contributed by atoms with Crippen molar-refractivity contribution in [3.8, 4) is 22.9 Å². The van der Waals surface area contributed by atoms with Crippen molar-refractivity contribution in [1.82, 2.24) is 9.97 Å². The summed E-state index contributed by atoms with van der Waals surface area (Å²) in [5.74, 6) is 0.430.